The molecule has 6 nitrogen and oxygen atoms in total. The van der Waals surface area contributed by atoms with E-state index in [4.69, 9.17) is 9.47 Å². The summed E-state index contributed by atoms with van der Waals surface area (Å²) in [5.41, 5.74) is 2.39. The average Bonchev–Trinajstić information content (AvgIpc) is 3.05. The average molecular weight is 309 g/mol. The number of ether oxygens (including phenoxy) is 2. The van der Waals surface area contributed by atoms with E-state index in [1.807, 2.05) is 48.5 Å². The van der Waals surface area contributed by atoms with Crippen LogP contribution in [0.2, 0.25) is 0 Å². The molecule has 0 aliphatic heterocycles. The predicted molar refractivity (Wildman–Crippen MR) is 85.3 cm³/mol. The molecular weight excluding hydrogens is 294 g/mol. The molecule has 6 heteroatoms. The van der Waals surface area contributed by atoms with E-state index in [0.29, 0.717) is 23.4 Å². The van der Waals surface area contributed by atoms with Gasteiger partial charge in [-0.2, -0.15) is 0 Å². The third-order valence-corrected chi connectivity index (χ3v) is 3.48. The van der Waals surface area contributed by atoms with E-state index < -0.39 is 0 Å². The molecule has 0 saturated heterocycles. The Morgan fingerprint density at radius 3 is 2.39 bits per heavy atom. The SMILES string of the molecule is COc1ccc(-c2c(C=O)nnn2-c2ccccc2OC)cc1. The molecule has 0 aliphatic carbocycles. The van der Waals surface area contributed by atoms with Gasteiger partial charge in [0, 0.05) is 5.56 Å². The lowest BCUT2D eigenvalue weighted by Crippen LogP contribution is -2.02. The fourth-order valence-corrected chi connectivity index (χ4v) is 2.37. The van der Waals surface area contributed by atoms with Gasteiger partial charge in [0.25, 0.3) is 0 Å². The molecule has 2 aromatic carbocycles. The molecule has 1 heterocycles. The zero-order valence-corrected chi connectivity index (χ0v) is 12.8. The fourth-order valence-electron chi connectivity index (χ4n) is 2.37. The highest BCUT2D eigenvalue weighted by Crippen LogP contribution is 2.30. The second kappa shape index (κ2) is 6.31. The van der Waals surface area contributed by atoms with Crippen LogP contribution in [-0.4, -0.2) is 35.5 Å². The molecule has 0 saturated carbocycles. The van der Waals surface area contributed by atoms with Crippen LogP contribution in [0.5, 0.6) is 11.5 Å². The van der Waals surface area contributed by atoms with Crippen molar-refractivity contribution in [2.24, 2.45) is 0 Å². The zero-order valence-electron chi connectivity index (χ0n) is 12.8. The Morgan fingerprint density at radius 1 is 1.00 bits per heavy atom. The molecule has 23 heavy (non-hydrogen) atoms. The van der Waals surface area contributed by atoms with Gasteiger partial charge in [-0.15, -0.1) is 5.10 Å². The van der Waals surface area contributed by atoms with Gasteiger partial charge in [0.05, 0.1) is 14.2 Å². The Bertz CT molecular complexity index is 825. The highest BCUT2D eigenvalue weighted by molar-refractivity contribution is 5.84. The minimum absolute atomic E-state index is 0.265. The number of para-hydroxylation sites is 2. The molecule has 3 aromatic rings. The highest BCUT2D eigenvalue weighted by atomic mass is 16.5. The van der Waals surface area contributed by atoms with Gasteiger partial charge in [-0.1, -0.05) is 17.3 Å². The van der Waals surface area contributed by atoms with Crippen LogP contribution in [0.3, 0.4) is 0 Å². The number of methoxy groups -OCH3 is 2. The summed E-state index contributed by atoms with van der Waals surface area (Å²) in [7, 11) is 3.19. The molecule has 116 valence electrons. The molecule has 0 unspecified atom stereocenters. The van der Waals surface area contributed by atoms with Crippen LogP contribution in [0.4, 0.5) is 0 Å². The number of rotatable bonds is 5. The van der Waals surface area contributed by atoms with E-state index in [2.05, 4.69) is 10.3 Å². The van der Waals surface area contributed by atoms with Gasteiger partial charge in [-0.25, -0.2) is 4.68 Å². The number of benzene rings is 2. The van der Waals surface area contributed by atoms with E-state index in [1.54, 1.807) is 18.9 Å². The summed E-state index contributed by atoms with van der Waals surface area (Å²) in [5.74, 6) is 1.38. The molecule has 0 fully saturated rings. The topological polar surface area (TPSA) is 66.2 Å². The summed E-state index contributed by atoms with van der Waals surface area (Å²) in [5, 5.41) is 8.07. The summed E-state index contributed by atoms with van der Waals surface area (Å²) in [6, 6.07) is 14.8. The molecule has 0 aliphatic rings. The molecule has 0 spiro atoms. The van der Waals surface area contributed by atoms with Crippen LogP contribution >= 0.6 is 0 Å². The maximum Gasteiger partial charge on any atom is 0.172 e. The van der Waals surface area contributed by atoms with Crippen LogP contribution in [0.1, 0.15) is 10.5 Å². The Labute approximate surface area is 133 Å². The fraction of sp³-hybridized carbons (Fsp3) is 0.118. The van der Waals surface area contributed by atoms with Crippen LogP contribution in [-0.2, 0) is 0 Å². The van der Waals surface area contributed by atoms with E-state index >= 15 is 0 Å². The first-order chi connectivity index (χ1) is 11.3. The summed E-state index contributed by atoms with van der Waals surface area (Å²) in [6.45, 7) is 0. The molecule has 0 atom stereocenters. The summed E-state index contributed by atoms with van der Waals surface area (Å²) >= 11 is 0. The first-order valence-electron chi connectivity index (χ1n) is 6.97. The minimum atomic E-state index is 0.265. The third kappa shape index (κ3) is 2.66. The zero-order chi connectivity index (χ0) is 16.2. The van der Waals surface area contributed by atoms with Crippen molar-refractivity contribution in [3.63, 3.8) is 0 Å². The van der Waals surface area contributed by atoms with Gasteiger partial charge < -0.3 is 9.47 Å². The maximum atomic E-state index is 11.4. The second-order valence-corrected chi connectivity index (χ2v) is 4.75. The Balaban J connectivity index is 2.19. The van der Waals surface area contributed by atoms with E-state index in [0.717, 1.165) is 11.3 Å². The normalized spacial score (nSPS) is 10.3. The monoisotopic (exact) mass is 309 g/mol. The van der Waals surface area contributed by atoms with Crippen molar-refractivity contribution in [1.29, 1.82) is 0 Å². The number of carbonyl (C=O) groups is 1. The van der Waals surface area contributed by atoms with Crippen LogP contribution in [0, 0.1) is 0 Å². The van der Waals surface area contributed by atoms with Crippen LogP contribution in [0.25, 0.3) is 16.9 Å². The number of aldehydes is 1. The van der Waals surface area contributed by atoms with Crippen molar-refractivity contribution in [3.8, 4) is 28.4 Å². The summed E-state index contributed by atoms with van der Waals surface area (Å²) < 4.78 is 12.1. The minimum Gasteiger partial charge on any atom is -0.497 e. The molecule has 0 N–H and O–H groups in total. The van der Waals surface area contributed by atoms with Crippen molar-refractivity contribution in [3.05, 3.63) is 54.2 Å². The van der Waals surface area contributed by atoms with E-state index in [-0.39, 0.29) is 5.69 Å². The van der Waals surface area contributed by atoms with Crippen molar-refractivity contribution in [1.82, 2.24) is 15.0 Å². The Morgan fingerprint density at radius 2 is 1.74 bits per heavy atom. The van der Waals surface area contributed by atoms with Crippen molar-refractivity contribution in [2.45, 2.75) is 0 Å². The van der Waals surface area contributed by atoms with Crippen molar-refractivity contribution < 1.29 is 14.3 Å². The van der Waals surface area contributed by atoms with Gasteiger partial charge in [-0.05, 0) is 36.4 Å². The van der Waals surface area contributed by atoms with Crippen LogP contribution in [0.15, 0.2) is 48.5 Å². The quantitative estimate of drug-likeness (QED) is 0.678. The largest absolute Gasteiger partial charge is 0.497 e. The first-order valence-corrected chi connectivity index (χ1v) is 6.97. The molecule has 1 aromatic heterocycles. The smallest absolute Gasteiger partial charge is 0.172 e. The van der Waals surface area contributed by atoms with Gasteiger partial charge in [-0.3, -0.25) is 4.79 Å². The lowest BCUT2D eigenvalue weighted by Gasteiger charge is -2.11. The maximum absolute atomic E-state index is 11.4. The summed E-state index contributed by atoms with van der Waals surface area (Å²) in [4.78, 5) is 11.4. The number of nitrogens with zero attached hydrogens (tertiary/aromatic N) is 3. The van der Waals surface area contributed by atoms with Crippen LogP contribution < -0.4 is 9.47 Å². The van der Waals surface area contributed by atoms with E-state index in [1.165, 1.54) is 0 Å². The van der Waals surface area contributed by atoms with E-state index in [9.17, 15) is 4.79 Å². The molecule has 3 rings (SSSR count). The molecular formula is C17H15N3O3. The number of hydrogen-bond acceptors (Lipinski definition) is 5. The first kappa shape index (κ1) is 14.8. The van der Waals surface area contributed by atoms with Crippen molar-refractivity contribution in [2.75, 3.05) is 14.2 Å². The molecule has 0 radical (unpaired) electrons. The predicted octanol–water partition coefficient (Wildman–Crippen LogP) is 2.76. The second-order valence-electron chi connectivity index (χ2n) is 4.75. The number of aromatic nitrogens is 3. The molecule has 0 bridgehead atoms. The lowest BCUT2D eigenvalue weighted by atomic mass is 10.1. The summed E-state index contributed by atoms with van der Waals surface area (Å²) in [6.07, 6.45) is 0.693. The number of hydrogen-bond donors (Lipinski definition) is 0. The van der Waals surface area contributed by atoms with Gasteiger partial charge >= 0.3 is 0 Å². The number of carbonyl (C=O) groups excluding carboxylic acids is 1. The van der Waals surface area contributed by atoms with Gasteiger partial charge in [0.15, 0.2) is 12.0 Å². The standard InChI is InChI=1S/C17H15N3O3/c1-22-13-9-7-12(8-10-13)17-14(11-21)18-19-20(17)15-5-3-4-6-16(15)23-2/h3-11H,1-2H3. The van der Waals surface area contributed by atoms with Gasteiger partial charge in [0.1, 0.15) is 22.9 Å². The third-order valence-electron chi connectivity index (χ3n) is 3.48. The Hall–Kier alpha value is -3.15. The van der Waals surface area contributed by atoms with Crippen molar-refractivity contribution >= 4 is 6.29 Å². The van der Waals surface area contributed by atoms with Gasteiger partial charge in [0.2, 0.25) is 0 Å². The lowest BCUT2D eigenvalue weighted by molar-refractivity contribution is 0.111. The Kier molecular flexibility index (Phi) is 4.05. The highest BCUT2D eigenvalue weighted by Gasteiger charge is 2.18. The molecule has 0 amide bonds.